The van der Waals surface area contributed by atoms with Crippen LogP contribution in [0.2, 0.25) is 0 Å². The highest BCUT2D eigenvalue weighted by Gasteiger charge is 2.13. The summed E-state index contributed by atoms with van der Waals surface area (Å²) < 4.78 is 0.767. The number of nitrogens with zero attached hydrogens (tertiary/aromatic N) is 2. The number of aromatic carboxylic acids is 1. The minimum absolute atomic E-state index is 0.0477. The van der Waals surface area contributed by atoms with Crippen LogP contribution in [0.1, 0.15) is 10.5 Å². The van der Waals surface area contributed by atoms with Crippen LogP contribution >= 0.6 is 27.3 Å². The van der Waals surface area contributed by atoms with Crippen LogP contribution in [0.15, 0.2) is 16.0 Å². The molecule has 0 saturated heterocycles. The van der Waals surface area contributed by atoms with Gasteiger partial charge in [-0.2, -0.15) is 5.10 Å². The molecule has 2 aromatic heterocycles. The second-order valence-corrected chi connectivity index (χ2v) is 4.15. The highest BCUT2D eigenvalue weighted by molar-refractivity contribution is 9.10. The monoisotopic (exact) mass is 273 g/mol. The molecule has 2 aromatic rings. The Labute approximate surface area is 90.9 Å². The molecule has 14 heavy (non-hydrogen) atoms. The van der Waals surface area contributed by atoms with Gasteiger partial charge in [0, 0.05) is 5.38 Å². The standard InChI is InChI=1S/C7H4BrN3O2S/c8-3-1-9-11-5(3)6-10-4(2-14-6)7(12)13/h1-2H,(H,9,11)(H,12,13). The van der Waals surface area contributed by atoms with Crippen molar-refractivity contribution in [1.29, 1.82) is 0 Å². The van der Waals surface area contributed by atoms with E-state index in [1.165, 1.54) is 16.7 Å². The van der Waals surface area contributed by atoms with Crippen LogP contribution in [0.3, 0.4) is 0 Å². The van der Waals surface area contributed by atoms with Gasteiger partial charge in [-0.3, -0.25) is 5.10 Å². The second kappa shape index (κ2) is 3.50. The number of aromatic nitrogens is 3. The van der Waals surface area contributed by atoms with Crippen molar-refractivity contribution in [1.82, 2.24) is 15.2 Å². The number of hydrogen-bond donors (Lipinski definition) is 2. The van der Waals surface area contributed by atoms with Gasteiger partial charge in [0.15, 0.2) is 5.69 Å². The molecule has 0 aliphatic heterocycles. The third-order valence-electron chi connectivity index (χ3n) is 1.53. The lowest BCUT2D eigenvalue weighted by Gasteiger charge is -1.89. The zero-order chi connectivity index (χ0) is 10.1. The molecule has 0 atom stereocenters. The van der Waals surface area contributed by atoms with E-state index in [2.05, 4.69) is 31.1 Å². The number of rotatable bonds is 2. The Kier molecular flexibility index (Phi) is 2.34. The van der Waals surface area contributed by atoms with Crippen molar-refractivity contribution in [2.24, 2.45) is 0 Å². The summed E-state index contributed by atoms with van der Waals surface area (Å²) in [5.74, 6) is -1.02. The highest BCUT2D eigenvalue weighted by atomic mass is 79.9. The van der Waals surface area contributed by atoms with Crippen molar-refractivity contribution in [2.45, 2.75) is 0 Å². The van der Waals surface area contributed by atoms with Crippen molar-refractivity contribution in [3.8, 4) is 10.7 Å². The molecule has 0 bridgehead atoms. The number of carboxylic acid groups (broad SMARTS) is 1. The number of nitrogens with one attached hydrogen (secondary N) is 1. The van der Waals surface area contributed by atoms with E-state index >= 15 is 0 Å². The van der Waals surface area contributed by atoms with E-state index in [4.69, 9.17) is 5.11 Å². The number of hydrogen-bond acceptors (Lipinski definition) is 4. The van der Waals surface area contributed by atoms with Crippen molar-refractivity contribution < 1.29 is 9.90 Å². The molecule has 0 fully saturated rings. The first kappa shape index (κ1) is 9.35. The highest BCUT2D eigenvalue weighted by Crippen LogP contribution is 2.28. The first-order valence-corrected chi connectivity index (χ1v) is 5.24. The molecule has 0 aromatic carbocycles. The van der Waals surface area contributed by atoms with E-state index in [0.29, 0.717) is 10.7 Å². The van der Waals surface area contributed by atoms with Gasteiger partial charge in [0.25, 0.3) is 0 Å². The lowest BCUT2D eigenvalue weighted by molar-refractivity contribution is 0.0691. The summed E-state index contributed by atoms with van der Waals surface area (Å²) >= 11 is 4.53. The second-order valence-electron chi connectivity index (χ2n) is 2.44. The maximum absolute atomic E-state index is 10.6. The number of thiazole rings is 1. The van der Waals surface area contributed by atoms with Gasteiger partial charge in [0.1, 0.15) is 10.7 Å². The maximum atomic E-state index is 10.6. The Bertz CT molecular complexity index is 479. The molecule has 7 heteroatoms. The minimum Gasteiger partial charge on any atom is -0.476 e. The molecule has 0 radical (unpaired) electrons. The molecule has 72 valence electrons. The Morgan fingerprint density at radius 3 is 2.93 bits per heavy atom. The smallest absolute Gasteiger partial charge is 0.355 e. The molecule has 0 unspecified atom stereocenters. The molecule has 5 nitrogen and oxygen atoms in total. The largest absolute Gasteiger partial charge is 0.476 e. The average Bonchev–Trinajstić information content (AvgIpc) is 2.71. The lowest BCUT2D eigenvalue weighted by Crippen LogP contribution is -1.95. The third kappa shape index (κ3) is 1.55. The van der Waals surface area contributed by atoms with Crippen LogP contribution in [-0.4, -0.2) is 26.3 Å². The van der Waals surface area contributed by atoms with E-state index in [1.54, 1.807) is 6.20 Å². The van der Waals surface area contributed by atoms with Gasteiger partial charge in [-0.25, -0.2) is 9.78 Å². The van der Waals surface area contributed by atoms with Crippen molar-refractivity contribution in [3.05, 3.63) is 21.7 Å². The van der Waals surface area contributed by atoms with Gasteiger partial charge in [0.05, 0.1) is 10.7 Å². The van der Waals surface area contributed by atoms with E-state index in [0.717, 1.165) is 4.47 Å². The summed E-state index contributed by atoms with van der Waals surface area (Å²) in [5, 5.41) is 17.3. The van der Waals surface area contributed by atoms with Crippen LogP contribution in [0.5, 0.6) is 0 Å². The summed E-state index contributed by atoms with van der Waals surface area (Å²) in [4.78, 5) is 14.5. The van der Waals surface area contributed by atoms with E-state index in [-0.39, 0.29) is 5.69 Å². The summed E-state index contributed by atoms with van der Waals surface area (Å²) in [6.07, 6.45) is 1.59. The molecule has 2 heterocycles. The molecule has 0 saturated carbocycles. The van der Waals surface area contributed by atoms with Gasteiger partial charge in [-0.15, -0.1) is 11.3 Å². The Hall–Kier alpha value is -1.21. The zero-order valence-electron chi connectivity index (χ0n) is 6.69. The molecular formula is C7H4BrN3O2S. The molecule has 0 amide bonds. The fourth-order valence-electron chi connectivity index (χ4n) is 0.908. The Morgan fingerprint density at radius 2 is 2.43 bits per heavy atom. The van der Waals surface area contributed by atoms with Gasteiger partial charge >= 0.3 is 5.97 Å². The normalized spacial score (nSPS) is 10.4. The summed E-state index contributed by atoms with van der Waals surface area (Å²) in [6, 6.07) is 0. The first-order chi connectivity index (χ1) is 6.68. The van der Waals surface area contributed by atoms with Crippen molar-refractivity contribution in [2.75, 3.05) is 0 Å². The average molecular weight is 274 g/mol. The van der Waals surface area contributed by atoms with E-state index in [9.17, 15) is 4.79 Å². The van der Waals surface area contributed by atoms with Gasteiger partial charge in [0.2, 0.25) is 0 Å². The minimum atomic E-state index is -1.02. The van der Waals surface area contributed by atoms with Gasteiger partial charge in [-0.1, -0.05) is 0 Å². The molecule has 0 spiro atoms. The third-order valence-corrected chi connectivity index (χ3v) is 2.99. The predicted octanol–water partition coefficient (Wildman–Crippen LogP) is 1.99. The van der Waals surface area contributed by atoms with Crippen LogP contribution < -0.4 is 0 Å². The van der Waals surface area contributed by atoms with Crippen LogP contribution in [0.4, 0.5) is 0 Å². The fraction of sp³-hybridized carbons (Fsp3) is 0. The van der Waals surface area contributed by atoms with Crippen molar-refractivity contribution >= 4 is 33.2 Å². The molecule has 0 aliphatic carbocycles. The fourth-order valence-corrected chi connectivity index (χ4v) is 2.22. The van der Waals surface area contributed by atoms with E-state index in [1.807, 2.05) is 0 Å². The number of aromatic amines is 1. The summed E-state index contributed by atoms with van der Waals surface area (Å²) in [5.41, 5.74) is 0.744. The Balaban J connectivity index is 2.43. The number of carbonyl (C=O) groups is 1. The van der Waals surface area contributed by atoms with Crippen LogP contribution in [0.25, 0.3) is 10.7 Å². The Morgan fingerprint density at radius 1 is 1.64 bits per heavy atom. The predicted molar refractivity (Wildman–Crippen MR) is 54.4 cm³/mol. The first-order valence-electron chi connectivity index (χ1n) is 3.56. The zero-order valence-corrected chi connectivity index (χ0v) is 9.09. The lowest BCUT2D eigenvalue weighted by atomic mass is 10.4. The van der Waals surface area contributed by atoms with E-state index < -0.39 is 5.97 Å². The topological polar surface area (TPSA) is 78.9 Å². The molecule has 2 N–H and O–H groups in total. The number of carboxylic acids is 1. The van der Waals surface area contributed by atoms with Crippen LogP contribution in [0, 0.1) is 0 Å². The summed E-state index contributed by atoms with van der Waals surface area (Å²) in [6.45, 7) is 0. The van der Waals surface area contributed by atoms with Crippen LogP contribution in [-0.2, 0) is 0 Å². The maximum Gasteiger partial charge on any atom is 0.355 e. The number of H-pyrrole nitrogens is 1. The molecular weight excluding hydrogens is 270 g/mol. The van der Waals surface area contributed by atoms with Gasteiger partial charge in [-0.05, 0) is 15.9 Å². The molecule has 0 aliphatic rings. The quantitative estimate of drug-likeness (QED) is 0.877. The SMILES string of the molecule is O=C(O)c1csc(-c2[nH]ncc2Br)n1. The van der Waals surface area contributed by atoms with Gasteiger partial charge < -0.3 is 5.11 Å². The molecule has 2 rings (SSSR count). The van der Waals surface area contributed by atoms with Crippen molar-refractivity contribution in [3.63, 3.8) is 0 Å². The number of halogens is 1. The summed E-state index contributed by atoms with van der Waals surface area (Å²) in [7, 11) is 0.